The summed E-state index contributed by atoms with van der Waals surface area (Å²) in [5.41, 5.74) is 0.941. The number of benzene rings is 1. The predicted octanol–water partition coefficient (Wildman–Crippen LogP) is 2.57. The average molecular weight is 287 g/mol. The average Bonchev–Trinajstić information content (AvgIpc) is 2.49. The monoisotopic (exact) mass is 287 g/mol. The maximum atomic E-state index is 11.4. The van der Waals surface area contributed by atoms with Gasteiger partial charge in [0.25, 0.3) is 0 Å². The molecule has 0 fully saturated rings. The maximum absolute atomic E-state index is 11.4. The summed E-state index contributed by atoms with van der Waals surface area (Å²) < 4.78 is 5.62. The third kappa shape index (κ3) is 4.95. The van der Waals surface area contributed by atoms with Crippen LogP contribution in [0, 0.1) is 5.92 Å². The van der Waals surface area contributed by atoms with Crippen molar-refractivity contribution >= 4 is 16.9 Å². The molecule has 21 heavy (non-hydrogen) atoms. The van der Waals surface area contributed by atoms with E-state index in [2.05, 4.69) is 29.5 Å². The van der Waals surface area contributed by atoms with Crippen LogP contribution in [0.25, 0.3) is 10.9 Å². The maximum Gasteiger partial charge on any atom is 0.314 e. The van der Waals surface area contributed by atoms with Crippen LogP contribution in [0.4, 0.5) is 4.79 Å². The van der Waals surface area contributed by atoms with Gasteiger partial charge in [-0.1, -0.05) is 19.9 Å². The van der Waals surface area contributed by atoms with E-state index in [4.69, 9.17) is 4.74 Å². The molecular weight excluding hydrogens is 266 g/mol. The van der Waals surface area contributed by atoms with Gasteiger partial charge < -0.3 is 15.4 Å². The van der Waals surface area contributed by atoms with Crippen molar-refractivity contribution in [3.63, 3.8) is 0 Å². The fraction of sp³-hybridized carbons (Fsp3) is 0.375. The number of hydrogen-bond acceptors (Lipinski definition) is 3. The fourth-order valence-electron chi connectivity index (χ4n) is 1.84. The van der Waals surface area contributed by atoms with Crippen LogP contribution in [0.3, 0.4) is 0 Å². The van der Waals surface area contributed by atoms with Gasteiger partial charge in [0.2, 0.25) is 0 Å². The SMILES string of the molecule is CC(C)CNC(=O)NCCOc1ccc2ncccc2c1. The molecule has 112 valence electrons. The molecule has 2 aromatic rings. The van der Waals surface area contributed by atoms with Gasteiger partial charge in [0.1, 0.15) is 12.4 Å². The smallest absolute Gasteiger partial charge is 0.314 e. The number of nitrogens with zero attached hydrogens (tertiary/aromatic N) is 1. The molecule has 5 heteroatoms. The molecule has 0 unspecified atom stereocenters. The first-order valence-corrected chi connectivity index (χ1v) is 7.14. The second-order valence-electron chi connectivity index (χ2n) is 5.24. The summed E-state index contributed by atoms with van der Waals surface area (Å²) in [7, 11) is 0. The minimum absolute atomic E-state index is 0.157. The van der Waals surface area contributed by atoms with Crippen LogP contribution < -0.4 is 15.4 Å². The van der Waals surface area contributed by atoms with Crippen LogP contribution in [-0.4, -0.2) is 30.7 Å². The first-order valence-electron chi connectivity index (χ1n) is 7.14. The lowest BCUT2D eigenvalue weighted by molar-refractivity contribution is 0.235. The zero-order valence-corrected chi connectivity index (χ0v) is 12.4. The lowest BCUT2D eigenvalue weighted by Crippen LogP contribution is -2.39. The van der Waals surface area contributed by atoms with E-state index in [1.165, 1.54) is 0 Å². The highest BCUT2D eigenvalue weighted by Gasteiger charge is 2.01. The van der Waals surface area contributed by atoms with E-state index in [0.29, 0.717) is 25.6 Å². The largest absolute Gasteiger partial charge is 0.492 e. The third-order valence-corrected chi connectivity index (χ3v) is 2.90. The molecule has 1 aromatic heterocycles. The van der Waals surface area contributed by atoms with Gasteiger partial charge in [0, 0.05) is 18.1 Å². The Bertz CT molecular complexity index is 599. The summed E-state index contributed by atoms with van der Waals surface area (Å²) >= 11 is 0. The molecule has 2 rings (SSSR count). The van der Waals surface area contributed by atoms with Crippen molar-refractivity contribution in [2.75, 3.05) is 19.7 Å². The minimum Gasteiger partial charge on any atom is -0.492 e. The predicted molar refractivity (Wildman–Crippen MR) is 83.5 cm³/mol. The number of fused-ring (bicyclic) bond motifs is 1. The van der Waals surface area contributed by atoms with Gasteiger partial charge in [-0.2, -0.15) is 0 Å². The summed E-state index contributed by atoms with van der Waals surface area (Å²) in [6.07, 6.45) is 1.77. The zero-order valence-electron chi connectivity index (χ0n) is 12.4. The summed E-state index contributed by atoms with van der Waals surface area (Å²) in [5.74, 6) is 1.22. The third-order valence-electron chi connectivity index (χ3n) is 2.90. The Hall–Kier alpha value is -2.30. The molecule has 0 aliphatic heterocycles. The standard InChI is InChI=1S/C16H21N3O2/c1-12(2)11-19-16(20)18-8-9-21-14-5-6-15-13(10-14)4-3-7-17-15/h3-7,10,12H,8-9,11H2,1-2H3,(H2,18,19,20). The molecule has 5 nitrogen and oxygen atoms in total. The van der Waals surface area contributed by atoms with Gasteiger partial charge in [0.05, 0.1) is 12.1 Å². The number of pyridine rings is 1. The van der Waals surface area contributed by atoms with Gasteiger partial charge >= 0.3 is 6.03 Å². The first-order chi connectivity index (χ1) is 10.1. The Balaban J connectivity index is 1.73. The van der Waals surface area contributed by atoms with Gasteiger partial charge in [-0.15, -0.1) is 0 Å². The van der Waals surface area contributed by atoms with E-state index in [1.807, 2.05) is 30.3 Å². The molecule has 0 atom stereocenters. The Labute approximate surface area is 124 Å². The highest BCUT2D eigenvalue weighted by Crippen LogP contribution is 2.18. The summed E-state index contributed by atoms with van der Waals surface area (Å²) in [4.78, 5) is 15.7. The number of hydrogen-bond donors (Lipinski definition) is 2. The van der Waals surface area contributed by atoms with Gasteiger partial charge in [-0.3, -0.25) is 4.98 Å². The molecule has 0 radical (unpaired) electrons. The second kappa shape index (κ2) is 7.47. The minimum atomic E-state index is -0.157. The summed E-state index contributed by atoms with van der Waals surface area (Å²) in [5, 5.41) is 6.59. The first kappa shape index (κ1) is 15.1. The van der Waals surface area contributed by atoms with E-state index < -0.39 is 0 Å². The molecule has 0 aliphatic carbocycles. The molecule has 1 heterocycles. The van der Waals surface area contributed by atoms with Crippen molar-refractivity contribution in [3.05, 3.63) is 36.5 Å². The molecule has 0 aliphatic rings. The van der Waals surface area contributed by atoms with Gasteiger partial charge in [0.15, 0.2) is 0 Å². The van der Waals surface area contributed by atoms with Crippen LogP contribution >= 0.6 is 0 Å². The van der Waals surface area contributed by atoms with Crippen molar-refractivity contribution < 1.29 is 9.53 Å². The van der Waals surface area contributed by atoms with E-state index in [1.54, 1.807) is 6.20 Å². The number of amides is 2. The highest BCUT2D eigenvalue weighted by atomic mass is 16.5. The molecule has 0 bridgehead atoms. The van der Waals surface area contributed by atoms with Crippen molar-refractivity contribution in [2.24, 2.45) is 5.92 Å². The molecular formula is C16H21N3O2. The molecule has 0 saturated carbocycles. The number of carbonyl (C=O) groups excluding carboxylic acids is 1. The molecule has 0 spiro atoms. The zero-order chi connectivity index (χ0) is 15.1. The lowest BCUT2D eigenvalue weighted by atomic mass is 10.2. The highest BCUT2D eigenvalue weighted by molar-refractivity contribution is 5.79. The number of rotatable bonds is 6. The van der Waals surface area contributed by atoms with E-state index in [0.717, 1.165) is 16.7 Å². The Morgan fingerprint density at radius 3 is 2.95 bits per heavy atom. The van der Waals surface area contributed by atoms with Gasteiger partial charge in [-0.05, 0) is 30.2 Å². The van der Waals surface area contributed by atoms with Crippen LogP contribution in [0.1, 0.15) is 13.8 Å². The molecule has 1 aromatic carbocycles. The van der Waals surface area contributed by atoms with E-state index >= 15 is 0 Å². The Kier molecular flexibility index (Phi) is 5.37. The number of carbonyl (C=O) groups is 1. The number of ether oxygens (including phenoxy) is 1. The number of aromatic nitrogens is 1. The fourth-order valence-corrected chi connectivity index (χ4v) is 1.84. The Morgan fingerprint density at radius 1 is 1.29 bits per heavy atom. The topological polar surface area (TPSA) is 63.2 Å². The molecule has 2 amide bonds. The van der Waals surface area contributed by atoms with Gasteiger partial charge in [-0.25, -0.2) is 4.79 Å². The van der Waals surface area contributed by atoms with Crippen molar-refractivity contribution in [3.8, 4) is 5.75 Å². The van der Waals surface area contributed by atoms with Crippen molar-refractivity contribution in [1.82, 2.24) is 15.6 Å². The summed E-state index contributed by atoms with van der Waals surface area (Å²) in [6.45, 7) is 5.68. The van der Waals surface area contributed by atoms with Crippen LogP contribution in [0.2, 0.25) is 0 Å². The molecule has 2 N–H and O–H groups in total. The summed E-state index contributed by atoms with van der Waals surface area (Å²) in [6, 6.07) is 9.48. The Morgan fingerprint density at radius 2 is 2.14 bits per heavy atom. The van der Waals surface area contributed by atoms with E-state index in [9.17, 15) is 4.79 Å². The second-order valence-corrected chi connectivity index (χ2v) is 5.24. The number of urea groups is 1. The molecule has 0 saturated heterocycles. The normalized spacial score (nSPS) is 10.6. The van der Waals surface area contributed by atoms with Crippen molar-refractivity contribution in [1.29, 1.82) is 0 Å². The van der Waals surface area contributed by atoms with E-state index in [-0.39, 0.29) is 6.03 Å². The van der Waals surface area contributed by atoms with Crippen molar-refractivity contribution in [2.45, 2.75) is 13.8 Å². The van der Waals surface area contributed by atoms with Crippen LogP contribution in [0.15, 0.2) is 36.5 Å². The van der Waals surface area contributed by atoms with Crippen LogP contribution in [0.5, 0.6) is 5.75 Å². The number of nitrogens with one attached hydrogen (secondary N) is 2. The quantitative estimate of drug-likeness (QED) is 0.803. The van der Waals surface area contributed by atoms with Crippen LogP contribution in [-0.2, 0) is 0 Å². The lowest BCUT2D eigenvalue weighted by Gasteiger charge is -2.10.